The molecule has 0 unspecified atom stereocenters. The van der Waals surface area contributed by atoms with Crippen LogP contribution in [0.5, 0.6) is 17.2 Å². The van der Waals surface area contributed by atoms with E-state index < -0.39 is 55.6 Å². The van der Waals surface area contributed by atoms with Gasteiger partial charge in [-0.3, -0.25) is 14.9 Å². The van der Waals surface area contributed by atoms with E-state index in [1.807, 2.05) is 0 Å². The topological polar surface area (TPSA) is 150 Å². The zero-order chi connectivity index (χ0) is 19.8. The van der Waals surface area contributed by atoms with Crippen LogP contribution in [-0.4, -0.2) is 40.8 Å². The van der Waals surface area contributed by atoms with Gasteiger partial charge in [0.15, 0.2) is 21.3 Å². The molecule has 0 aromatic heterocycles. The molecule has 0 saturated heterocycles. The lowest BCUT2D eigenvalue weighted by molar-refractivity contribution is -0.385. The minimum atomic E-state index is -2.02. The first kappa shape index (κ1) is 19.5. The number of hydrogen-bond donors (Lipinski definition) is 4. The summed E-state index contributed by atoms with van der Waals surface area (Å²) in [5, 5.41) is 41.2. The predicted octanol–water partition coefficient (Wildman–Crippen LogP) is 0.655. The number of nitrogens with zero attached hydrogens (tertiary/aromatic N) is 1. The molecule has 0 aliphatic rings. The summed E-state index contributed by atoms with van der Waals surface area (Å²) in [4.78, 5) is 32.1. The van der Waals surface area contributed by atoms with Gasteiger partial charge in [-0.2, -0.15) is 0 Å². The Bertz CT molecular complexity index is 904. The fourth-order valence-corrected chi connectivity index (χ4v) is 3.17. The van der Waals surface area contributed by atoms with Gasteiger partial charge in [-0.25, -0.2) is 0 Å². The van der Waals surface area contributed by atoms with E-state index in [-0.39, 0.29) is 21.5 Å². The van der Waals surface area contributed by atoms with E-state index >= 15 is 0 Å². The summed E-state index contributed by atoms with van der Waals surface area (Å²) in [7, 11) is -2.02. The third kappa shape index (κ3) is 3.41. The number of phenols is 3. The number of carbonyl (C=O) groups is 1. The first-order valence-electron chi connectivity index (χ1n) is 7.63. The van der Waals surface area contributed by atoms with Gasteiger partial charge in [-0.05, 0) is 32.2 Å². The highest BCUT2D eigenvalue weighted by atomic mass is 28.2. The van der Waals surface area contributed by atoms with Crippen molar-refractivity contribution in [3.05, 3.63) is 27.8 Å². The quantitative estimate of drug-likeness (QED) is 0.198. The summed E-state index contributed by atoms with van der Waals surface area (Å²) in [6.07, 6.45) is 0. The highest BCUT2D eigenvalue weighted by Gasteiger charge is 2.26. The molecular weight excluding hydrogens is 362 g/mol. The summed E-state index contributed by atoms with van der Waals surface area (Å²) in [5.74, 6) is -2.76. The predicted molar refractivity (Wildman–Crippen MR) is 95.2 cm³/mol. The van der Waals surface area contributed by atoms with Crippen LogP contribution < -0.4 is 5.19 Å². The van der Waals surface area contributed by atoms with Crippen LogP contribution in [0.4, 0.5) is 5.69 Å². The Labute approximate surface area is 150 Å². The number of esters is 1. The molecular formula is C16H19NO8Si. The summed E-state index contributed by atoms with van der Waals surface area (Å²) >= 11 is 0. The average Bonchev–Trinajstić information content (AvgIpc) is 2.56. The molecule has 140 valence electrons. The van der Waals surface area contributed by atoms with Crippen molar-refractivity contribution in [3.8, 4) is 17.2 Å². The minimum absolute atomic E-state index is 0.00394. The van der Waals surface area contributed by atoms with E-state index in [2.05, 4.69) is 0 Å². The summed E-state index contributed by atoms with van der Waals surface area (Å²) < 4.78 is 5.11. The number of benzene rings is 2. The molecule has 9 nitrogen and oxygen atoms in total. The number of phenolic OH excluding ortho intramolecular Hbond substituents is 3. The molecule has 0 bridgehead atoms. The first-order chi connectivity index (χ1) is 12.0. The molecule has 2 aromatic rings. The Morgan fingerprint density at radius 1 is 1.15 bits per heavy atom. The SMILES string of the molecule is CC(C)(C)C(=O)OCc1cc2c(O)c(O)c(O)c([SiH2]O)c2cc1[N+](=O)[O-]. The molecule has 2 aromatic carbocycles. The second kappa shape index (κ2) is 6.81. The van der Waals surface area contributed by atoms with Gasteiger partial charge < -0.3 is 24.9 Å². The van der Waals surface area contributed by atoms with Gasteiger partial charge in [0.25, 0.3) is 5.69 Å². The molecule has 0 fully saturated rings. The van der Waals surface area contributed by atoms with Crippen LogP contribution in [-0.2, 0) is 16.1 Å². The van der Waals surface area contributed by atoms with Crippen molar-refractivity contribution in [1.82, 2.24) is 0 Å². The van der Waals surface area contributed by atoms with Crippen LogP contribution >= 0.6 is 0 Å². The van der Waals surface area contributed by atoms with Gasteiger partial charge in [-0.1, -0.05) is 0 Å². The standard InChI is InChI=1S/C16H19NO8Si/c1-16(2,3)15(21)25-6-7-4-8-9(5-10(7)17(22)23)14(26-24)13(20)12(19)11(8)18/h4-5,18-20,24H,6,26H2,1-3H3. The molecule has 0 spiro atoms. The van der Waals surface area contributed by atoms with Crippen molar-refractivity contribution in [2.24, 2.45) is 5.41 Å². The maximum atomic E-state index is 11.9. The Morgan fingerprint density at radius 2 is 1.77 bits per heavy atom. The number of hydrogen-bond acceptors (Lipinski definition) is 8. The van der Waals surface area contributed by atoms with E-state index in [9.17, 15) is 35.0 Å². The van der Waals surface area contributed by atoms with Crippen LogP contribution in [0.1, 0.15) is 26.3 Å². The molecule has 4 N–H and O–H groups in total. The lowest BCUT2D eigenvalue weighted by Gasteiger charge is -2.17. The van der Waals surface area contributed by atoms with Crippen LogP contribution in [0.2, 0.25) is 0 Å². The van der Waals surface area contributed by atoms with Crippen molar-refractivity contribution < 1.29 is 34.6 Å². The second-order valence-corrected chi connectivity index (χ2v) is 7.82. The molecule has 0 amide bonds. The van der Waals surface area contributed by atoms with Crippen LogP contribution in [0.25, 0.3) is 10.8 Å². The van der Waals surface area contributed by atoms with Crippen molar-refractivity contribution in [2.45, 2.75) is 27.4 Å². The van der Waals surface area contributed by atoms with E-state index in [1.54, 1.807) is 20.8 Å². The number of fused-ring (bicyclic) bond motifs is 1. The maximum Gasteiger partial charge on any atom is 0.311 e. The Morgan fingerprint density at radius 3 is 2.27 bits per heavy atom. The fraction of sp³-hybridized carbons (Fsp3) is 0.312. The van der Waals surface area contributed by atoms with Crippen LogP contribution in [0, 0.1) is 15.5 Å². The van der Waals surface area contributed by atoms with Crippen molar-refractivity contribution in [3.63, 3.8) is 0 Å². The number of rotatable bonds is 4. The highest BCUT2D eigenvalue weighted by Crippen LogP contribution is 2.41. The monoisotopic (exact) mass is 381 g/mol. The molecule has 2 rings (SSSR count). The fourth-order valence-electron chi connectivity index (χ4n) is 2.39. The van der Waals surface area contributed by atoms with Gasteiger partial charge >= 0.3 is 5.97 Å². The van der Waals surface area contributed by atoms with Gasteiger partial charge in [-0.15, -0.1) is 0 Å². The molecule has 0 saturated carbocycles. The zero-order valence-electron chi connectivity index (χ0n) is 14.4. The van der Waals surface area contributed by atoms with Gasteiger partial charge in [0.1, 0.15) is 6.61 Å². The minimum Gasteiger partial charge on any atom is -0.504 e. The Balaban J connectivity index is 2.66. The third-order valence-electron chi connectivity index (χ3n) is 3.86. The molecule has 0 aliphatic carbocycles. The average molecular weight is 381 g/mol. The van der Waals surface area contributed by atoms with Gasteiger partial charge in [0, 0.05) is 16.6 Å². The molecule has 26 heavy (non-hydrogen) atoms. The van der Waals surface area contributed by atoms with E-state index in [0.717, 1.165) is 6.07 Å². The molecule has 0 heterocycles. The summed E-state index contributed by atoms with van der Waals surface area (Å²) in [5.41, 5.74) is -1.19. The Kier molecular flexibility index (Phi) is 5.10. The first-order valence-corrected chi connectivity index (χ1v) is 8.97. The van der Waals surface area contributed by atoms with Crippen LogP contribution in [0.15, 0.2) is 12.1 Å². The van der Waals surface area contributed by atoms with E-state index in [0.29, 0.717) is 0 Å². The van der Waals surface area contributed by atoms with Gasteiger partial charge in [0.2, 0.25) is 5.75 Å². The number of nitro groups is 1. The molecule has 0 atom stereocenters. The van der Waals surface area contributed by atoms with Crippen LogP contribution in [0.3, 0.4) is 0 Å². The largest absolute Gasteiger partial charge is 0.504 e. The molecule has 10 heteroatoms. The zero-order valence-corrected chi connectivity index (χ0v) is 15.9. The number of nitro benzene ring substituents is 1. The number of ether oxygens (including phenoxy) is 1. The summed E-state index contributed by atoms with van der Waals surface area (Å²) in [6.45, 7) is 4.49. The second-order valence-electron chi connectivity index (χ2n) is 6.79. The smallest absolute Gasteiger partial charge is 0.311 e. The number of carbonyl (C=O) groups excluding carboxylic acids is 1. The molecule has 0 radical (unpaired) electrons. The maximum absolute atomic E-state index is 11.9. The number of aromatic hydroxyl groups is 3. The van der Waals surface area contributed by atoms with E-state index in [1.165, 1.54) is 6.07 Å². The van der Waals surface area contributed by atoms with Gasteiger partial charge in [0.05, 0.1) is 15.9 Å². The van der Waals surface area contributed by atoms with Crippen molar-refractivity contribution >= 4 is 37.4 Å². The lowest BCUT2D eigenvalue weighted by Crippen LogP contribution is -2.23. The lowest BCUT2D eigenvalue weighted by atomic mass is 9.97. The van der Waals surface area contributed by atoms with E-state index in [4.69, 9.17) is 4.74 Å². The third-order valence-corrected chi connectivity index (χ3v) is 4.89. The normalized spacial score (nSPS) is 12.0. The summed E-state index contributed by atoms with van der Waals surface area (Å²) in [6, 6.07) is 2.28. The Hall–Kier alpha value is -2.85. The van der Waals surface area contributed by atoms with Crippen molar-refractivity contribution in [1.29, 1.82) is 0 Å². The highest BCUT2D eigenvalue weighted by molar-refractivity contribution is 6.52. The molecule has 0 aliphatic heterocycles. The van der Waals surface area contributed by atoms with Crippen molar-refractivity contribution in [2.75, 3.05) is 0 Å².